The summed E-state index contributed by atoms with van der Waals surface area (Å²) >= 11 is 0. The molecule has 0 saturated heterocycles. The number of carbonyl (C=O) groups is 1. The van der Waals surface area contributed by atoms with Gasteiger partial charge in [0, 0.05) is 6.61 Å². The van der Waals surface area contributed by atoms with Crippen LogP contribution >= 0.6 is 0 Å². The average Bonchev–Trinajstić information content (AvgIpc) is 2.30. The summed E-state index contributed by atoms with van der Waals surface area (Å²) in [6.07, 6.45) is 8.70. The highest BCUT2D eigenvalue weighted by Crippen LogP contribution is 2.15. The van der Waals surface area contributed by atoms with Crippen LogP contribution in [0.3, 0.4) is 0 Å². The molecule has 0 amide bonds. The SMILES string of the molecule is CCCCOC1C=CC(C(=O)OCC)=CC1. The van der Waals surface area contributed by atoms with Crippen molar-refractivity contribution < 1.29 is 14.3 Å². The fourth-order valence-electron chi connectivity index (χ4n) is 1.47. The molecule has 1 aliphatic rings. The van der Waals surface area contributed by atoms with E-state index in [1.807, 2.05) is 19.1 Å². The minimum absolute atomic E-state index is 0.115. The van der Waals surface area contributed by atoms with Crippen molar-refractivity contribution in [3.05, 3.63) is 23.8 Å². The van der Waals surface area contributed by atoms with Crippen LogP contribution in [0, 0.1) is 0 Å². The van der Waals surface area contributed by atoms with Crippen LogP contribution in [0.4, 0.5) is 0 Å². The van der Waals surface area contributed by atoms with Gasteiger partial charge in [0.25, 0.3) is 0 Å². The average molecular weight is 224 g/mol. The first-order valence-corrected chi connectivity index (χ1v) is 5.95. The minimum Gasteiger partial charge on any atom is -0.462 e. The Morgan fingerprint density at radius 2 is 2.31 bits per heavy atom. The van der Waals surface area contributed by atoms with Gasteiger partial charge in [0.15, 0.2) is 0 Å². The Bertz CT molecular complexity index is 279. The van der Waals surface area contributed by atoms with Crippen LogP contribution in [0.2, 0.25) is 0 Å². The zero-order valence-corrected chi connectivity index (χ0v) is 10.1. The lowest BCUT2D eigenvalue weighted by molar-refractivity contribution is -0.138. The Hall–Kier alpha value is -1.09. The van der Waals surface area contributed by atoms with Crippen molar-refractivity contribution in [3.63, 3.8) is 0 Å². The van der Waals surface area contributed by atoms with Gasteiger partial charge >= 0.3 is 5.97 Å². The van der Waals surface area contributed by atoms with Crippen LogP contribution in [-0.2, 0) is 14.3 Å². The zero-order chi connectivity index (χ0) is 11.8. The molecule has 0 fully saturated rings. The van der Waals surface area contributed by atoms with Gasteiger partial charge in [0.2, 0.25) is 0 Å². The van der Waals surface area contributed by atoms with E-state index >= 15 is 0 Å². The molecule has 0 radical (unpaired) electrons. The monoisotopic (exact) mass is 224 g/mol. The van der Waals surface area contributed by atoms with Gasteiger partial charge in [-0.1, -0.05) is 25.5 Å². The molecule has 0 heterocycles. The molecule has 90 valence electrons. The van der Waals surface area contributed by atoms with Gasteiger partial charge in [-0.05, 0) is 25.8 Å². The second-order valence-corrected chi connectivity index (χ2v) is 3.74. The molecule has 3 heteroatoms. The predicted molar refractivity (Wildman–Crippen MR) is 63.1 cm³/mol. The molecule has 1 atom stereocenters. The predicted octanol–water partition coefficient (Wildman–Crippen LogP) is 2.62. The van der Waals surface area contributed by atoms with Crippen molar-refractivity contribution in [2.45, 2.75) is 39.2 Å². The van der Waals surface area contributed by atoms with Crippen LogP contribution in [0.15, 0.2) is 23.8 Å². The molecular formula is C13H20O3. The van der Waals surface area contributed by atoms with Gasteiger partial charge in [0.05, 0.1) is 18.3 Å². The summed E-state index contributed by atoms with van der Waals surface area (Å²) in [4.78, 5) is 11.4. The summed E-state index contributed by atoms with van der Waals surface area (Å²) in [5.74, 6) is -0.245. The molecule has 3 nitrogen and oxygen atoms in total. The molecular weight excluding hydrogens is 204 g/mol. The Morgan fingerprint density at radius 1 is 1.50 bits per heavy atom. The smallest absolute Gasteiger partial charge is 0.337 e. The maximum absolute atomic E-state index is 11.4. The van der Waals surface area contributed by atoms with Gasteiger partial charge in [-0.25, -0.2) is 4.79 Å². The van der Waals surface area contributed by atoms with Crippen LogP contribution in [0.5, 0.6) is 0 Å². The van der Waals surface area contributed by atoms with Gasteiger partial charge in [-0.2, -0.15) is 0 Å². The Labute approximate surface area is 97.1 Å². The standard InChI is InChI=1S/C13H20O3/c1-3-5-10-16-12-8-6-11(7-9-12)13(14)15-4-2/h6-8,12H,3-5,9-10H2,1-2H3. The summed E-state index contributed by atoms with van der Waals surface area (Å²) < 4.78 is 10.5. The van der Waals surface area contributed by atoms with Crippen LogP contribution in [0.1, 0.15) is 33.1 Å². The van der Waals surface area contributed by atoms with E-state index in [0.29, 0.717) is 12.2 Å². The third kappa shape index (κ3) is 4.19. The van der Waals surface area contributed by atoms with Crippen molar-refractivity contribution in [2.75, 3.05) is 13.2 Å². The summed E-state index contributed by atoms with van der Waals surface area (Å²) in [7, 11) is 0. The summed E-state index contributed by atoms with van der Waals surface area (Å²) in [5, 5.41) is 0. The first-order chi connectivity index (χ1) is 7.77. The molecule has 0 bridgehead atoms. The van der Waals surface area contributed by atoms with Crippen molar-refractivity contribution in [3.8, 4) is 0 Å². The molecule has 0 aliphatic heterocycles. The molecule has 0 spiro atoms. The van der Waals surface area contributed by atoms with Crippen LogP contribution < -0.4 is 0 Å². The quantitative estimate of drug-likeness (QED) is 0.514. The van der Waals surface area contributed by atoms with Crippen molar-refractivity contribution in [2.24, 2.45) is 0 Å². The molecule has 0 aromatic carbocycles. The topological polar surface area (TPSA) is 35.5 Å². The largest absolute Gasteiger partial charge is 0.462 e. The molecule has 0 aromatic heterocycles. The maximum Gasteiger partial charge on any atom is 0.337 e. The first-order valence-electron chi connectivity index (χ1n) is 5.95. The normalized spacial score (nSPS) is 19.4. The van der Waals surface area contributed by atoms with Gasteiger partial charge in [0.1, 0.15) is 0 Å². The third-order valence-corrected chi connectivity index (χ3v) is 2.40. The second-order valence-electron chi connectivity index (χ2n) is 3.74. The Balaban J connectivity index is 2.32. The van der Waals surface area contributed by atoms with E-state index in [2.05, 4.69) is 6.92 Å². The van der Waals surface area contributed by atoms with Crippen molar-refractivity contribution in [1.82, 2.24) is 0 Å². The molecule has 1 aliphatic carbocycles. The fourth-order valence-corrected chi connectivity index (χ4v) is 1.47. The number of ether oxygens (including phenoxy) is 2. The summed E-state index contributed by atoms with van der Waals surface area (Å²) in [5.41, 5.74) is 0.636. The van der Waals surface area contributed by atoms with E-state index < -0.39 is 0 Å². The molecule has 0 aromatic rings. The highest BCUT2D eigenvalue weighted by molar-refractivity contribution is 5.91. The first kappa shape index (κ1) is 13.0. The molecule has 1 rings (SSSR count). The lowest BCUT2D eigenvalue weighted by atomic mass is 10.1. The number of esters is 1. The summed E-state index contributed by atoms with van der Waals surface area (Å²) in [6.45, 7) is 5.15. The van der Waals surface area contributed by atoms with E-state index in [1.165, 1.54) is 0 Å². The van der Waals surface area contributed by atoms with Crippen molar-refractivity contribution >= 4 is 5.97 Å². The fraction of sp³-hybridized carbons (Fsp3) is 0.615. The van der Waals surface area contributed by atoms with E-state index in [-0.39, 0.29) is 12.1 Å². The Kier molecular flexibility index (Phi) is 5.86. The van der Waals surface area contributed by atoms with E-state index in [4.69, 9.17) is 9.47 Å². The minimum atomic E-state index is -0.245. The van der Waals surface area contributed by atoms with Crippen molar-refractivity contribution in [1.29, 1.82) is 0 Å². The summed E-state index contributed by atoms with van der Waals surface area (Å²) in [6, 6.07) is 0. The second kappa shape index (κ2) is 7.23. The number of rotatable bonds is 6. The zero-order valence-electron chi connectivity index (χ0n) is 10.1. The van der Waals surface area contributed by atoms with Gasteiger partial charge in [-0.15, -0.1) is 0 Å². The third-order valence-electron chi connectivity index (χ3n) is 2.40. The van der Waals surface area contributed by atoms with Crippen LogP contribution in [-0.4, -0.2) is 25.3 Å². The molecule has 0 N–H and O–H groups in total. The number of unbranched alkanes of at least 4 members (excludes halogenated alkanes) is 1. The van der Waals surface area contributed by atoms with E-state index in [9.17, 15) is 4.79 Å². The number of hydrogen-bond acceptors (Lipinski definition) is 3. The number of hydrogen-bond donors (Lipinski definition) is 0. The lowest BCUT2D eigenvalue weighted by Crippen LogP contribution is -2.15. The molecule has 0 saturated carbocycles. The maximum atomic E-state index is 11.4. The van der Waals surface area contributed by atoms with E-state index in [0.717, 1.165) is 25.9 Å². The van der Waals surface area contributed by atoms with Crippen LogP contribution in [0.25, 0.3) is 0 Å². The lowest BCUT2D eigenvalue weighted by Gasteiger charge is -2.16. The molecule has 1 unspecified atom stereocenters. The number of carbonyl (C=O) groups excluding carboxylic acids is 1. The Morgan fingerprint density at radius 3 is 2.88 bits per heavy atom. The van der Waals surface area contributed by atoms with Gasteiger partial charge < -0.3 is 9.47 Å². The van der Waals surface area contributed by atoms with Gasteiger partial charge in [-0.3, -0.25) is 0 Å². The van der Waals surface area contributed by atoms with E-state index in [1.54, 1.807) is 6.08 Å². The highest BCUT2D eigenvalue weighted by Gasteiger charge is 2.14. The highest BCUT2D eigenvalue weighted by atomic mass is 16.5. The molecule has 16 heavy (non-hydrogen) atoms.